The summed E-state index contributed by atoms with van der Waals surface area (Å²) < 4.78 is 7.70. The second kappa shape index (κ2) is 9.03. The second-order valence-electron chi connectivity index (χ2n) is 8.47. The molecule has 0 radical (unpaired) electrons. The van der Waals surface area contributed by atoms with Crippen molar-refractivity contribution in [3.8, 4) is 0 Å². The first kappa shape index (κ1) is 22.3. The molecular weight excluding hydrogens is 431 g/mol. The summed E-state index contributed by atoms with van der Waals surface area (Å²) >= 11 is 0. The van der Waals surface area contributed by atoms with Crippen molar-refractivity contribution in [3.05, 3.63) is 163 Å². The van der Waals surface area contributed by atoms with Gasteiger partial charge in [-0.1, -0.05) is 0 Å². The number of benzene rings is 4. The SMILES string of the molecule is C=C/C=C1\C(=C/C)P(c2ccccc2)(c2ccccc2)(c2ccccc2)O[C@H]1c1ccccc1. The predicted octanol–water partition coefficient (Wildman–Crippen LogP) is 7.22. The van der Waals surface area contributed by atoms with E-state index in [9.17, 15) is 0 Å². The van der Waals surface area contributed by atoms with Gasteiger partial charge in [0.25, 0.3) is 0 Å². The van der Waals surface area contributed by atoms with E-state index in [1.165, 1.54) is 21.2 Å². The second-order valence-corrected chi connectivity index (χ2v) is 12.8. The minimum atomic E-state index is -3.57. The molecule has 1 aliphatic rings. The van der Waals surface area contributed by atoms with Crippen LogP contribution < -0.4 is 15.9 Å². The molecule has 0 saturated carbocycles. The number of allylic oxidation sites excluding steroid dienone is 3. The Kier molecular flexibility index (Phi) is 5.92. The number of hydrogen-bond acceptors (Lipinski definition) is 1. The van der Waals surface area contributed by atoms with E-state index in [1.54, 1.807) is 0 Å². The molecule has 1 heterocycles. The van der Waals surface area contributed by atoms with Gasteiger partial charge in [-0.2, -0.15) is 0 Å². The molecule has 0 bridgehead atoms. The molecule has 34 heavy (non-hydrogen) atoms. The summed E-state index contributed by atoms with van der Waals surface area (Å²) in [5.41, 5.74) is 2.31. The molecule has 1 atom stereocenters. The van der Waals surface area contributed by atoms with E-state index in [2.05, 4.69) is 147 Å². The minimum absolute atomic E-state index is 0.219. The predicted molar refractivity (Wildman–Crippen MR) is 147 cm³/mol. The van der Waals surface area contributed by atoms with Crippen LogP contribution >= 0.6 is 6.83 Å². The summed E-state index contributed by atoms with van der Waals surface area (Å²) in [6, 6.07) is 42.9. The molecule has 0 spiro atoms. The van der Waals surface area contributed by atoms with Crippen LogP contribution in [0.5, 0.6) is 0 Å². The quantitative estimate of drug-likeness (QED) is 0.286. The summed E-state index contributed by atoms with van der Waals surface area (Å²) in [4.78, 5) is 0. The Morgan fingerprint density at radius 1 is 0.647 bits per heavy atom. The third-order valence-electron chi connectivity index (χ3n) is 6.77. The molecule has 0 N–H and O–H groups in total. The van der Waals surface area contributed by atoms with Crippen molar-refractivity contribution in [2.45, 2.75) is 13.0 Å². The van der Waals surface area contributed by atoms with E-state index in [4.69, 9.17) is 4.52 Å². The molecule has 0 amide bonds. The van der Waals surface area contributed by atoms with E-state index >= 15 is 0 Å². The zero-order valence-electron chi connectivity index (χ0n) is 19.4. The van der Waals surface area contributed by atoms with Crippen molar-refractivity contribution in [3.63, 3.8) is 0 Å². The van der Waals surface area contributed by atoms with E-state index in [-0.39, 0.29) is 6.10 Å². The van der Waals surface area contributed by atoms with E-state index in [0.29, 0.717) is 0 Å². The molecule has 4 aromatic rings. The van der Waals surface area contributed by atoms with Crippen molar-refractivity contribution in [2.24, 2.45) is 0 Å². The van der Waals surface area contributed by atoms with Gasteiger partial charge in [0.05, 0.1) is 0 Å². The molecular formula is C32H29OP. The molecule has 0 aromatic heterocycles. The Morgan fingerprint density at radius 3 is 1.44 bits per heavy atom. The normalized spacial score (nSPS) is 22.1. The number of hydrogen-bond donors (Lipinski definition) is 0. The van der Waals surface area contributed by atoms with Crippen LogP contribution in [0.2, 0.25) is 0 Å². The van der Waals surface area contributed by atoms with Gasteiger partial charge in [0, 0.05) is 0 Å². The average molecular weight is 461 g/mol. The van der Waals surface area contributed by atoms with Crippen LogP contribution in [0.25, 0.3) is 0 Å². The fourth-order valence-corrected chi connectivity index (χ4v) is 11.7. The molecule has 5 rings (SSSR count). The molecule has 0 unspecified atom stereocenters. The summed E-state index contributed by atoms with van der Waals surface area (Å²) in [5, 5.41) is 4.84. The van der Waals surface area contributed by atoms with Gasteiger partial charge in [0.1, 0.15) is 0 Å². The first-order valence-corrected chi connectivity index (χ1v) is 13.8. The zero-order chi connectivity index (χ0) is 23.5. The van der Waals surface area contributed by atoms with Crippen molar-refractivity contribution >= 4 is 22.7 Å². The van der Waals surface area contributed by atoms with Gasteiger partial charge in [-0.25, -0.2) is 0 Å². The fraction of sp³-hybridized carbons (Fsp3) is 0.0625. The van der Waals surface area contributed by atoms with Crippen LogP contribution in [0.1, 0.15) is 18.6 Å². The summed E-state index contributed by atoms with van der Waals surface area (Å²) in [5.74, 6) is 0. The van der Waals surface area contributed by atoms with Gasteiger partial charge in [0.2, 0.25) is 0 Å². The first-order chi connectivity index (χ1) is 16.8. The van der Waals surface area contributed by atoms with Crippen LogP contribution in [0.15, 0.2) is 157 Å². The summed E-state index contributed by atoms with van der Waals surface area (Å²) in [7, 11) is 0. The van der Waals surface area contributed by atoms with Gasteiger partial charge in [-0.05, 0) is 0 Å². The molecule has 1 aliphatic heterocycles. The molecule has 1 fully saturated rings. The van der Waals surface area contributed by atoms with Gasteiger partial charge in [-0.3, -0.25) is 0 Å². The number of rotatable bonds is 5. The Bertz CT molecular complexity index is 1240. The topological polar surface area (TPSA) is 9.23 Å². The molecule has 1 nitrogen and oxygen atoms in total. The van der Waals surface area contributed by atoms with Crippen LogP contribution in [0.4, 0.5) is 0 Å². The molecule has 2 heteroatoms. The van der Waals surface area contributed by atoms with E-state index in [1.807, 2.05) is 6.08 Å². The molecule has 4 aromatic carbocycles. The van der Waals surface area contributed by atoms with Crippen LogP contribution in [0, 0.1) is 0 Å². The van der Waals surface area contributed by atoms with Crippen molar-refractivity contribution in [2.75, 3.05) is 0 Å². The van der Waals surface area contributed by atoms with Gasteiger partial charge in [-0.15, -0.1) is 0 Å². The van der Waals surface area contributed by atoms with Crippen LogP contribution in [0.3, 0.4) is 0 Å². The van der Waals surface area contributed by atoms with Crippen molar-refractivity contribution < 1.29 is 4.52 Å². The Balaban J connectivity index is 2.01. The fourth-order valence-electron chi connectivity index (χ4n) is 5.47. The standard InChI is InChI=1S/C32H29OP/c1-3-17-30-31(4-2)34(27-20-11-6-12-21-27,28-22-13-7-14-23-28,29-24-15-8-16-25-29)33-32(30)26-18-9-5-10-19-26/h3-25,32H,1H2,2H3/b30-17+,31-4+/t32-/m0/s1. The van der Waals surface area contributed by atoms with Crippen LogP contribution in [-0.2, 0) is 4.52 Å². The van der Waals surface area contributed by atoms with Gasteiger partial charge in [0.15, 0.2) is 0 Å². The molecule has 168 valence electrons. The van der Waals surface area contributed by atoms with Crippen LogP contribution in [-0.4, -0.2) is 0 Å². The van der Waals surface area contributed by atoms with E-state index in [0.717, 1.165) is 11.1 Å². The maximum absolute atomic E-state index is 7.70. The molecule has 0 aliphatic carbocycles. The monoisotopic (exact) mass is 460 g/mol. The third kappa shape index (κ3) is 3.09. The first-order valence-electron chi connectivity index (χ1n) is 11.7. The van der Waals surface area contributed by atoms with E-state index < -0.39 is 6.83 Å². The van der Waals surface area contributed by atoms with Gasteiger partial charge >= 0.3 is 203 Å². The zero-order valence-corrected chi connectivity index (χ0v) is 20.3. The Morgan fingerprint density at radius 2 is 1.06 bits per heavy atom. The third-order valence-corrected chi connectivity index (χ3v) is 12.7. The summed E-state index contributed by atoms with van der Waals surface area (Å²) in [6.07, 6.45) is 6.07. The molecule has 1 saturated heterocycles. The Labute approximate surface area is 202 Å². The van der Waals surface area contributed by atoms with Crippen molar-refractivity contribution in [1.29, 1.82) is 0 Å². The van der Waals surface area contributed by atoms with Crippen molar-refractivity contribution in [1.82, 2.24) is 0 Å². The average Bonchev–Trinajstić information content (AvgIpc) is 3.23. The Hall–Kier alpha value is -3.51. The summed E-state index contributed by atoms with van der Waals surface area (Å²) in [6.45, 7) is 2.63. The maximum atomic E-state index is 7.70. The van der Waals surface area contributed by atoms with Gasteiger partial charge < -0.3 is 0 Å².